The predicted molar refractivity (Wildman–Crippen MR) is 189 cm³/mol. The highest BCUT2D eigenvalue weighted by Gasteiger charge is 2.39. The van der Waals surface area contributed by atoms with Crippen molar-refractivity contribution in [3.8, 4) is 0 Å². The summed E-state index contributed by atoms with van der Waals surface area (Å²) in [5.74, 6) is -0.242. The molecule has 0 aromatic heterocycles. The summed E-state index contributed by atoms with van der Waals surface area (Å²) in [6.07, 6.45) is 24.8. The van der Waals surface area contributed by atoms with E-state index in [0.29, 0.717) is 38.5 Å². The van der Waals surface area contributed by atoms with Crippen molar-refractivity contribution < 1.29 is 39.5 Å². The molecule has 1 aliphatic carbocycles. The summed E-state index contributed by atoms with van der Waals surface area (Å²) in [4.78, 5) is 24.0. The Labute approximate surface area is 286 Å². The van der Waals surface area contributed by atoms with Crippen molar-refractivity contribution in [2.24, 2.45) is 17.8 Å². The van der Waals surface area contributed by atoms with Crippen molar-refractivity contribution in [3.05, 3.63) is 24.3 Å². The van der Waals surface area contributed by atoms with E-state index in [9.17, 15) is 30.0 Å². The van der Waals surface area contributed by atoms with Gasteiger partial charge in [-0.1, -0.05) is 129 Å². The molecule has 0 amide bonds. The van der Waals surface area contributed by atoms with Gasteiger partial charge in [-0.15, -0.1) is 0 Å². The number of rotatable bonds is 29. The molecule has 0 aromatic carbocycles. The van der Waals surface area contributed by atoms with Crippen LogP contribution in [0, 0.1) is 17.8 Å². The summed E-state index contributed by atoms with van der Waals surface area (Å²) in [7, 11) is 0. The predicted octanol–water partition coefficient (Wildman–Crippen LogP) is 7.74. The molecule has 0 aliphatic heterocycles. The molecule has 274 valence electrons. The molecule has 0 spiro atoms. The van der Waals surface area contributed by atoms with Crippen LogP contribution in [-0.4, -0.2) is 70.0 Å². The first kappa shape index (κ1) is 43.3. The van der Waals surface area contributed by atoms with Crippen LogP contribution in [0.4, 0.5) is 0 Å². The van der Waals surface area contributed by atoms with Crippen molar-refractivity contribution in [1.82, 2.24) is 0 Å². The van der Waals surface area contributed by atoms with E-state index in [0.717, 1.165) is 44.4 Å². The molecular formula is C39H70O8. The quantitative estimate of drug-likeness (QED) is 0.0362. The third-order valence-electron chi connectivity index (χ3n) is 9.19. The van der Waals surface area contributed by atoms with E-state index >= 15 is 0 Å². The molecule has 1 fully saturated rings. The smallest absolute Gasteiger partial charge is 0.305 e. The minimum atomic E-state index is -1.04. The topological polar surface area (TPSA) is 134 Å². The molecule has 0 heterocycles. The molecule has 1 aliphatic rings. The van der Waals surface area contributed by atoms with Crippen molar-refractivity contribution in [1.29, 1.82) is 0 Å². The van der Waals surface area contributed by atoms with Gasteiger partial charge in [0.15, 0.2) is 0 Å². The Bertz CT molecular complexity index is 841. The van der Waals surface area contributed by atoms with Gasteiger partial charge in [0.1, 0.15) is 19.3 Å². The van der Waals surface area contributed by atoms with Crippen molar-refractivity contribution >= 4 is 11.9 Å². The van der Waals surface area contributed by atoms with Gasteiger partial charge >= 0.3 is 11.9 Å². The van der Waals surface area contributed by atoms with Gasteiger partial charge < -0.3 is 29.9 Å². The number of ether oxygens (including phenoxy) is 2. The van der Waals surface area contributed by atoms with Crippen molar-refractivity contribution in [3.63, 3.8) is 0 Å². The normalized spacial score (nSPS) is 21.2. The Morgan fingerprint density at radius 1 is 0.723 bits per heavy atom. The number of hydrogen-bond donors (Lipinski definition) is 4. The summed E-state index contributed by atoms with van der Waals surface area (Å²) < 4.78 is 10.3. The minimum Gasteiger partial charge on any atom is -0.463 e. The van der Waals surface area contributed by atoms with E-state index < -0.39 is 30.4 Å². The van der Waals surface area contributed by atoms with Gasteiger partial charge in [-0.05, 0) is 43.9 Å². The van der Waals surface area contributed by atoms with Gasteiger partial charge in [0, 0.05) is 25.2 Å². The Morgan fingerprint density at radius 2 is 1.28 bits per heavy atom. The monoisotopic (exact) mass is 667 g/mol. The Kier molecular flexibility index (Phi) is 25.9. The molecular weight excluding hydrogens is 596 g/mol. The maximum absolute atomic E-state index is 12.1. The van der Waals surface area contributed by atoms with Gasteiger partial charge in [0.2, 0.25) is 0 Å². The van der Waals surface area contributed by atoms with Crippen LogP contribution < -0.4 is 0 Å². The highest BCUT2D eigenvalue weighted by Crippen LogP contribution is 2.36. The van der Waals surface area contributed by atoms with E-state index in [1.165, 1.54) is 51.4 Å². The molecule has 1 saturated carbocycles. The molecule has 0 saturated heterocycles. The average Bonchev–Trinajstić information content (AvgIpc) is 3.30. The molecule has 4 N–H and O–H groups in total. The zero-order valence-corrected chi connectivity index (χ0v) is 30.0. The number of esters is 2. The van der Waals surface area contributed by atoms with E-state index in [1.807, 2.05) is 18.2 Å². The molecule has 0 bridgehead atoms. The van der Waals surface area contributed by atoms with Gasteiger partial charge in [0.05, 0.1) is 18.3 Å². The average molecular weight is 667 g/mol. The van der Waals surface area contributed by atoms with Gasteiger partial charge in [-0.25, -0.2) is 0 Å². The Balaban J connectivity index is 2.07. The van der Waals surface area contributed by atoms with Crippen LogP contribution >= 0.6 is 0 Å². The van der Waals surface area contributed by atoms with Crippen LogP contribution in [0.15, 0.2) is 24.3 Å². The highest BCUT2D eigenvalue weighted by atomic mass is 16.6. The second-order valence-electron chi connectivity index (χ2n) is 14.1. The molecule has 0 unspecified atom stereocenters. The maximum atomic E-state index is 12.1. The fourth-order valence-corrected chi connectivity index (χ4v) is 6.20. The number of carbonyl (C=O) groups is 2. The fourth-order valence-electron chi connectivity index (χ4n) is 6.20. The lowest BCUT2D eigenvalue weighted by atomic mass is 9.89. The number of aliphatic hydroxyl groups is 4. The Hall–Kier alpha value is -1.74. The summed E-state index contributed by atoms with van der Waals surface area (Å²) in [6.45, 7) is 6.31. The third kappa shape index (κ3) is 23.3. The van der Waals surface area contributed by atoms with Gasteiger partial charge in [0.25, 0.3) is 0 Å². The molecule has 6 atom stereocenters. The van der Waals surface area contributed by atoms with Crippen molar-refractivity contribution in [2.45, 2.75) is 180 Å². The van der Waals surface area contributed by atoms with Crippen LogP contribution in [0.5, 0.6) is 0 Å². The fraction of sp³-hybridized carbons (Fsp3) is 0.846. The number of aliphatic hydroxyl groups excluding tert-OH is 4. The first-order valence-electron chi connectivity index (χ1n) is 19.0. The zero-order valence-electron chi connectivity index (χ0n) is 30.0. The SMILES string of the molecule is CCCCC[C@H](O)/C=C/[C@@H]1[C@@H](C/C=C/CCCC(=O)OC[C@@H](O)COC(=O)CCCCCCCCCCCCC(C)C)[C@@H](O)C[C@H]1O. The van der Waals surface area contributed by atoms with Crippen LogP contribution in [0.3, 0.4) is 0 Å². The number of unbranched alkanes of at least 4 members (excludes halogenated alkanes) is 12. The second-order valence-corrected chi connectivity index (χ2v) is 14.1. The van der Waals surface area contributed by atoms with Crippen LogP contribution in [0.2, 0.25) is 0 Å². The first-order chi connectivity index (χ1) is 22.6. The lowest BCUT2D eigenvalue weighted by Crippen LogP contribution is -2.25. The molecule has 8 nitrogen and oxygen atoms in total. The van der Waals surface area contributed by atoms with E-state index in [4.69, 9.17) is 9.47 Å². The standard InChI is InChI=1S/C39H70O8/c1-4-5-16-22-32(40)26-27-35-34(36(42)28-37(35)43)23-18-14-15-20-25-39(45)47-30-33(41)29-46-38(44)24-19-13-11-9-7-6-8-10-12-17-21-31(2)3/h14,18,26-27,31-37,40-43H,4-13,15-17,19-25,28-30H2,1-3H3/b18-14+,27-26+/t32-,33-,34+,35+,36-,37+/m0/s1. The summed E-state index contributed by atoms with van der Waals surface area (Å²) in [6, 6.07) is 0. The van der Waals surface area contributed by atoms with E-state index in [2.05, 4.69) is 20.8 Å². The van der Waals surface area contributed by atoms with Crippen LogP contribution in [-0.2, 0) is 19.1 Å². The van der Waals surface area contributed by atoms with Crippen LogP contribution in [0.25, 0.3) is 0 Å². The lowest BCUT2D eigenvalue weighted by Gasteiger charge is -2.19. The van der Waals surface area contributed by atoms with Crippen molar-refractivity contribution in [2.75, 3.05) is 13.2 Å². The molecule has 8 heteroatoms. The number of hydrogen-bond acceptors (Lipinski definition) is 8. The highest BCUT2D eigenvalue weighted by molar-refractivity contribution is 5.69. The zero-order chi connectivity index (χ0) is 34.7. The van der Waals surface area contributed by atoms with Crippen LogP contribution in [0.1, 0.15) is 156 Å². The second kappa shape index (κ2) is 28.1. The molecule has 0 radical (unpaired) electrons. The summed E-state index contributed by atoms with van der Waals surface area (Å²) >= 11 is 0. The molecule has 1 rings (SSSR count). The first-order valence-corrected chi connectivity index (χ1v) is 19.0. The van der Waals surface area contributed by atoms with Gasteiger partial charge in [-0.3, -0.25) is 9.59 Å². The minimum absolute atomic E-state index is 0.116. The van der Waals surface area contributed by atoms with Gasteiger partial charge in [-0.2, -0.15) is 0 Å². The van der Waals surface area contributed by atoms with E-state index in [1.54, 1.807) is 6.08 Å². The summed E-state index contributed by atoms with van der Waals surface area (Å²) in [5, 5.41) is 41.1. The number of allylic oxidation sites excluding steroid dienone is 2. The molecule has 0 aromatic rings. The third-order valence-corrected chi connectivity index (χ3v) is 9.19. The Morgan fingerprint density at radius 3 is 1.87 bits per heavy atom. The number of carbonyl (C=O) groups excluding carboxylic acids is 2. The lowest BCUT2D eigenvalue weighted by molar-refractivity contribution is -0.152. The molecule has 47 heavy (non-hydrogen) atoms. The summed E-state index contributed by atoms with van der Waals surface area (Å²) in [5.41, 5.74) is 0. The van der Waals surface area contributed by atoms with E-state index in [-0.39, 0.29) is 37.4 Å². The largest absolute Gasteiger partial charge is 0.463 e. The maximum Gasteiger partial charge on any atom is 0.305 e.